The fourth-order valence-corrected chi connectivity index (χ4v) is 2.07. The summed E-state index contributed by atoms with van der Waals surface area (Å²) in [7, 11) is 0. The number of benzene rings is 2. The summed E-state index contributed by atoms with van der Waals surface area (Å²) in [5.74, 6) is 0. The van der Waals surface area contributed by atoms with Gasteiger partial charge in [0.1, 0.15) is 0 Å². The number of hydrogen-bond donors (Lipinski definition) is 1. The van der Waals surface area contributed by atoms with E-state index in [1.807, 2.05) is 24.3 Å². The highest BCUT2D eigenvalue weighted by Gasteiger charge is 2.04. The topological polar surface area (TPSA) is 29.1 Å². The molecule has 2 aromatic rings. The first-order valence-electron chi connectivity index (χ1n) is 6.05. The van der Waals surface area contributed by atoms with Gasteiger partial charge < -0.3 is 5.32 Å². The Morgan fingerprint density at radius 1 is 1.06 bits per heavy atom. The minimum Gasteiger partial charge on any atom is -0.328 e. The summed E-state index contributed by atoms with van der Waals surface area (Å²) in [5.41, 5.74) is 5.86. The van der Waals surface area contributed by atoms with E-state index in [-0.39, 0.29) is 0 Å². The Hall–Kier alpha value is -2.09. The van der Waals surface area contributed by atoms with E-state index >= 15 is 0 Å². The van der Waals surface area contributed by atoms with Gasteiger partial charge in [0, 0.05) is 5.69 Å². The van der Waals surface area contributed by atoms with Gasteiger partial charge in [-0.2, -0.15) is 0 Å². The number of amides is 1. The van der Waals surface area contributed by atoms with Crippen molar-refractivity contribution in [2.45, 2.75) is 20.3 Å². The standard InChI is InChI=1S/C16H17NO/c1-12-7-8-13(2)15(9-12)10-14-5-3-4-6-16(14)17-11-18/h3-9,11H,10H2,1-2H3,(H,17,18). The fraction of sp³-hybridized carbons (Fsp3) is 0.188. The van der Waals surface area contributed by atoms with Gasteiger partial charge in [-0.25, -0.2) is 0 Å². The zero-order valence-electron chi connectivity index (χ0n) is 10.7. The van der Waals surface area contributed by atoms with E-state index in [0.717, 1.165) is 24.1 Å². The summed E-state index contributed by atoms with van der Waals surface area (Å²) in [6.07, 6.45) is 1.56. The van der Waals surface area contributed by atoms with Crippen LogP contribution in [0.5, 0.6) is 0 Å². The maximum Gasteiger partial charge on any atom is 0.211 e. The Morgan fingerprint density at radius 3 is 2.61 bits per heavy atom. The Kier molecular flexibility index (Phi) is 3.78. The second kappa shape index (κ2) is 5.50. The Balaban J connectivity index is 2.33. The number of para-hydroxylation sites is 1. The zero-order valence-corrected chi connectivity index (χ0v) is 10.7. The van der Waals surface area contributed by atoms with E-state index in [1.54, 1.807) is 0 Å². The summed E-state index contributed by atoms with van der Waals surface area (Å²) >= 11 is 0. The van der Waals surface area contributed by atoms with Crippen molar-refractivity contribution in [3.8, 4) is 0 Å². The lowest BCUT2D eigenvalue weighted by molar-refractivity contribution is -0.105. The maximum atomic E-state index is 10.6. The summed E-state index contributed by atoms with van der Waals surface area (Å²) in [4.78, 5) is 10.6. The van der Waals surface area contributed by atoms with Gasteiger partial charge in [-0.1, -0.05) is 42.0 Å². The lowest BCUT2D eigenvalue weighted by Gasteiger charge is -2.11. The Morgan fingerprint density at radius 2 is 1.83 bits per heavy atom. The smallest absolute Gasteiger partial charge is 0.211 e. The SMILES string of the molecule is Cc1ccc(C)c(Cc2ccccc2NC=O)c1. The molecule has 0 fully saturated rings. The monoisotopic (exact) mass is 239 g/mol. The third-order valence-electron chi connectivity index (χ3n) is 3.12. The Bertz CT molecular complexity index is 561. The van der Waals surface area contributed by atoms with Crippen LogP contribution in [0.1, 0.15) is 22.3 Å². The lowest BCUT2D eigenvalue weighted by Crippen LogP contribution is -2.00. The van der Waals surface area contributed by atoms with Crippen LogP contribution in [0, 0.1) is 13.8 Å². The van der Waals surface area contributed by atoms with E-state index < -0.39 is 0 Å². The van der Waals surface area contributed by atoms with Crippen LogP contribution in [0.4, 0.5) is 5.69 Å². The maximum absolute atomic E-state index is 10.6. The molecular formula is C16H17NO. The van der Waals surface area contributed by atoms with Gasteiger partial charge >= 0.3 is 0 Å². The van der Waals surface area contributed by atoms with Crippen LogP contribution in [-0.4, -0.2) is 6.41 Å². The highest BCUT2D eigenvalue weighted by Crippen LogP contribution is 2.21. The molecule has 0 spiro atoms. The zero-order chi connectivity index (χ0) is 13.0. The predicted molar refractivity (Wildman–Crippen MR) is 74.9 cm³/mol. The molecule has 0 aliphatic rings. The molecule has 0 heterocycles. The first-order valence-corrected chi connectivity index (χ1v) is 6.05. The summed E-state index contributed by atoms with van der Waals surface area (Å²) in [5, 5.41) is 2.75. The highest BCUT2D eigenvalue weighted by atomic mass is 16.1. The molecule has 0 unspecified atom stereocenters. The summed E-state index contributed by atoms with van der Waals surface area (Å²) < 4.78 is 0. The minimum absolute atomic E-state index is 0.724. The minimum atomic E-state index is 0.724. The molecule has 18 heavy (non-hydrogen) atoms. The molecule has 92 valence electrons. The molecule has 2 nitrogen and oxygen atoms in total. The molecule has 2 heteroatoms. The second-order valence-corrected chi connectivity index (χ2v) is 4.53. The van der Waals surface area contributed by atoms with E-state index in [0.29, 0.717) is 0 Å². The van der Waals surface area contributed by atoms with Crippen molar-refractivity contribution in [1.82, 2.24) is 0 Å². The first-order chi connectivity index (χ1) is 8.70. The molecule has 0 atom stereocenters. The number of carbonyl (C=O) groups is 1. The number of carbonyl (C=O) groups excluding carboxylic acids is 1. The van der Waals surface area contributed by atoms with Gasteiger partial charge in [-0.15, -0.1) is 0 Å². The third kappa shape index (κ3) is 2.77. The number of hydrogen-bond acceptors (Lipinski definition) is 1. The molecule has 1 N–H and O–H groups in total. The van der Waals surface area contributed by atoms with E-state index in [9.17, 15) is 4.79 Å². The number of aryl methyl sites for hydroxylation is 2. The molecule has 0 aliphatic heterocycles. The van der Waals surface area contributed by atoms with Crippen molar-refractivity contribution in [3.63, 3.8) is 0 Å². The van der Waals surface area contributed by atoms with Crippen molar-refractivity contribution < 1.29 is 4.79 Å². The summed E-state index contributed by atoms with van der Waals surface area (Å²) in [6.45, 7) is 4.21. The molecule has 1 amide bonds. The van der Waals surface area contributed by atoms with Crippen molar-refractivity contribution in [3.05, 3.63) is 64.7 Å². The van der Waals surface area contributed by atoms with Gasteiger partial charge in [0.15, 0.2) is 0 Å². The van der Waals surface area contributed by atoms with E-state index in [1.165, 1.54) is 16.7 Å². The third-order valence-corrected chi connectivity index (χ3v) is 3.12. The lowest BCUT2D eigenvalue weighted by atomic mass is 9.98. The highest BCUT2D eigenvalue weighted by molar-refractivity contribution is 5.73. The molecule has 0 aromatic heterocycles. The molecule has 0 saturated heterocycles. The quantitative estimate of drug-likeness (QED) is 0.813. The number of rotatable bonds is 4. The van der Waals surface area contributed by atoms with Crippen LogP contribution < -0.4 is 5.32 Å². The van der Waals surface area contributed by atoms with Gasteiger partial charge in [0.2, 0.25) is 6.41 Å². The van der Waals surface area contributed by atoms with Crippen LogP contribution in [0.15, 0.2) is 42.5 Å². The van der Waals surface area contributed by atoms with Crippen LogP contribution in [0.25, 0.3) is 0 Å². The molecule has 0 bridgehead atoms. The van der Waals surface area contributed by atoms with Crippen molar-refractivity contribution in [2.24, 2.45) is 0 Å². The molecular weight excluding hydrogens is 222 g/mol. The molecule has 0 radical (unpaired) electrons. The van der Waals surface area contributed by atoms with Crippen LogP contribution in [-0.2, 0) is 11.2 Å². The van der Waals surface area contributed by atoms with E-state index in [2.05, 4.69) is 37.4 Å². The van der Waals surface area contributed by atoms with Crippen molar-refractivity contribution >= 4 is 12.1 Å². The van der Waals surface area contributed by atoms with Crippen molar-refractivity contribution in [2.75, 3.05) is 5.32 Å². The Labute approximate surface area is 108 Å². The van der Waals surface area contributed by atoms with Crippen LogP contribution >= 0.6 is 0 Å². The van der Waals surface area contributed by atoms with Gasteiger partial charge in [0.25, 0.3) is 0 Å². The fourth-order valence-electron chi connectivity index (χ4n) is 2.07. The number of nitrogens with one attached hydrogen (secondary N) is 1. The first kappa shape index (κ1) is 12.4. The molecule has 0 aliphatic carbocycles. The molecule has 2 aromatic carbocycles. The average molecular weight is 239 g/mol. The van der Waals surface area contributed by atoms with Gasteiger partial charge in [0.05, 0.1) is 0 Å². The van der Waals surface area contributed by atoms with E-state index in [4.69, 9.17) is 0 Å². The number of anilines is 1. The average Bonchev–Trinajstić information content (AvgIpc) is 2.36. The second-order valence-electron chi connectivity index (χ2n) is 4.53. The van der Waals surface area contributed by atoms with Gasteiger partial charge in [-0.3, -0.25) is 4.79 Å². The largest absolute Gasteiger partial charge is 0.328 e. The van der Waals surface area contributed by atoms with Crippen molar-refractivity contribution in [1.29, 1.82) is 0 Å². The molecule has 0 saturated carbocycles. The summed E-state index contributed by atoms with van der Waals surface area (Å²) in [6, 6.07) is 14.4. The van der Waals surface area contributed by atoms with Crippen LogP contribution in [0.3, 0.4) is 0 Å². The molecule has 2 rings (SSSR count). The van der Waals surface area contributed by atoms with Gasteiger partial charge in [-0.05, 0) is 43.0 Å². The normalized spacial score (nSPS) is 10.1. The van der Waals surface area contributed by atoms with Crippen LogP contribution in [0.2, 0.25) is 0 Å². The predicted octanol–water partition coefficient (Wildman–Crippen LogP) is 3.46.